The van der Waals surface area contributed by atoms with Crippen molar-refractivity contribution in [2.75, 3.05) is 0 Å². The van der Waals surface area contributed by atoms with Crippen LogP contribution in [0.3, 0.4) is 0 Å². The maximum atomic E-state index is 13.1. The largest absolute Gasteiger partial charge is 0.306 e. The zero-order valence-corrected chi connectivity index (χ0v) is 11.5. The molecular formula is C15H13ClF3N. The smallest absolute Gasteiger partial charge is 0.194 e. The molecule has 106 valence electrons. The van der Waals surface area contributed by atoms with E-state index in [0.717, 1.165) is 17.7 Å². The molecule has 5 heteroatoms. The van der Waals surface area contributed by atoms with Crippen LogP contribution in [0.1, 0.15) is 24.1 Å². The van der Waals surface area contributed by atoms with E-state index in [1.807, 2.05) is 19.1 Å². The molecule has 0 spiro atoms. The van der Waals surface area contributed by atoms with Crippen molar-refractivity contribution in [2.45, 2.75) is 19.5 Å². The average molecular weight is 300 g/mol. The van der Waals surface area contributed by atoms with Gasteiger partial charge in [0.15, 0.2) is 17.5 Å². The normalized spacial score (nSPS) is 12.4. The molecule has 0 aromatic heterocycles. The summed E-state index contributed by atoms with van der Waals surface area (Å²) in [6.07, 6.45) is 0. The van der Waals surface area contributed by atoms with Crippen molar-refractivity contribution in [3.63, 3.8) is 0 Å². The highest BCUT2D eigenvalue weighted by atomic mass is 35.5. The van der Waals surface area contributed by atoms with Crippen molar-refractivity contribution < 1.29 is 13.2 Å². The van der Waals surface area contributed by atoms with E-state index in [0.29, 0.717) is 10.6 Å². The molecule has 0 aliphatic heterocycles. The summed E-state index contributed by atoms with van der Waals surface area (Å²) in [5, 5.41) is 3.75. The molecule has 2 aromatic carbocycles. The lowest BCUT2D eigenvalue weighted by Crippen LogP contribution is -2.18. The summed E-state index contributed by atoms with van der Waals surface area (Å²) in [4.78, 5) is 0. The maximum absolute atomic E-state index is 13.1. The van der Waals surface area contributed by atoms with Gasteiger partial charge in [0, 0.05) is 17.6 Å². The molecule has 2 aromatic rings. The summed E-state index contributed by atoms with van der Waals surface area (Å²) < 4.78 is 39.0. The summed E-state index contributed by atoms with van der Waals surface area (Å²) in [5.41, 5.74) is 1.35. The lowest BCUT2D eigenvalue weighted by molar-refractivity contribution is 0.443. The first kappa shape index (κ1) is 14.9. The predicted molar refractivity (Wildman–Crippen MR) is 73.0 cm³/mol. The second-order valence-electron chi connectivity index (χ2n) is 4.53. The van der Waals surface area contributed by atoms with E-state index in [1.165, 1.54) is 0 Å². The van der Waals surface area contributed by atoms with Gasteiger partial charge in [-0.25, -0.2) is 13.2 Å². The first-order valence-corrected chi connectivity index (χ1v) is 6.47. The Kier molecular flexibility index (Phi) is 4.68. The van der Waals surface area contributed by atoms with Gasteiger partial charge in [0.2, 0.25) is 0 Å². The van der Waals surface area contributed by atoms with E-state index < -0.39 is 17.5 Å². The van der Waals surface area contributed by atoms with Gasteiger partial charge < -0.3 is 5.32 Å². The fourth-order valence-corrected chi connectivity index (χ4v) is 1.98. The Morgan fingerprint density at radius 1 is 1.05 bits per heavy atom. The minimum absolute atomic E-state index is 0.0246. The summed E-state index contributed by atoms with van der Waals surface area (Å²) in [5.74, 6) is -3.80. The lowest BCUT2D eigenvalue weighted by atomic mass is 10.1. The monoisotopic (exact) mass is 299 g/mol. The fraction of sp³-hybridized carbons (Fsp3) is 0.200. The maximum Gasteiger partial charge on any atom is 0.194 e. The molecule has 0 heterocycles. The summed E-state index contributed by atoms with van der Waals surface area (Å²) in [7, 11) is 0. The Hall–Kier alpha value is -1.52. The zero-order chi connectivity index (χ0) is 14.7. The molecule has 0 unspecified atom stereocenters. The molecule has 0 saturated carbocycles. The molecular weight excluding hydrogens is 287 g/mol. The Labute approximate surface area is 120 Å². The Bertz CT molecular complexity index is 576. The Morgan fingerprint density at radius 3 is 2.15 bits per heavy atom. The topological polar surface area (TPSA) is 12.0 Å². The van der Waals surface area contributed by atoms with Crippen molar-refractivity contribution in [1.29, 1.82) is 0 Å². The summed E-state index contributed by atoms with van der Waals surface area (Å²) in [6.45, 7) is 2.15. The third-order valence-corrected chi connectivity index (χ3v) is 3.28. The van der Waals surface area contributed by atoms with Crippen molar-refractivity contribution in [2.24, 2.45) is 0 Å². The van der Waals surface area contributed by atoms with E-state index in [-0.39, 0.29) is 12.6 Å². The summed E-state index contributed by atoms with van der Waals surface area (Å²) >= 11 is 5.80. The van der Waals surface area contributed by atoms with Crippen LogP contribution in [-0.2, 0) is 6.54 Å². The number of benzene rings is 2. The minimum Gasteiger partial charge on any atom is -0.306 e. The van der Waals surface area contributed by atoms with Crippen molar-refractivity contribution in [3.05, 3.63) is 70.0 Å². The van der Waals surface area contributed by atoms with Gasteiger partial charge in [0.25, 0.3) is 0 Å². The predicted octanol–water partition coefficient (Wildman–Crippen LogP) is 4.61. The third-order valence-electron chi connectivity index (χ3n) is 3.03. The van der Waals surface area contributed by atoms with Gasteiger partial charge in [-0.2, -0.15) is 0 Å². The van der Waals surface area contributed by atoms with E-state index in [9.17, 15) is 13.2 Å². The highest BCUT2D eigenvalue weighted by Crippen LogP contribution is 2.18. The van der Waals surface area contributed by atoms with Gasteiger partial charge in [-0.05, 0) is 42.3 Å². The van der Waals surface area contributed by atoms with Gasteiger partial charge in [0.1, 0.15) is 0 Å². The van der Waals surface area contributed by atoms with Gasteiger partial charge >= 0.3 is 0 Å². The molecule has 0 radical (unpaired) electrons. The molecule has 1 atom stereocenters. The molecule has 1 nitrogen and oxygen atoms in total. The molecule has 0 amide bonds. The van der Waals surface area contributed by atoms with Crippen LogP contribution < -0.4 is 5.32 Å². The van der Waals surface area contributed by atoms with Crippen molar-refractivity contribution >= 4 is 11.6 Å². The highest BCUT2D eigenvalue weighted by Gasteiger charge is 2.11. The van der Waals surface area contributed by atoms with Crippen LogP contribution in [0.5, 0.6) is 0 Å². The molecule has 2 rings (SSSR count). The standard InChI is InChI=1S/C15H13ClF3N/c1-9(11-2-4-12(16)5-3-11)20-8-10-6-13(17)15(19)14(18)7-10/h2-7,9,20H,8H2,1H3/t9-/m0/s1. The number of hydrogen-bond acceptors (Lipinski definition) is 1. The van der Waals surface area contributed by atoms with Gasteiger partial charge in [-0.1, -0.05) is 23.7 Å². The second kappa shape index (κ2) is 6.29. The third kappa shape index (κ3) is 3.52. The molecule has 0 aliphatic carbocycles. The van der Waals surface area contributed by atoms with Gasteiger partial charge in [-0.3, -0.25) is 0 Å². The fourth-order valence-electron chi connectivity index (χ4n) is 1.85. The lowest BCUT2D eigenvalue weighted by Gasteiger charge is -2.14. The van der Waals surface area contributed by atoms with E-state index in [4.69, 9.17) is 11.6 Å². The number of nitrogens with one attached hydrogen (secondary N) is 1. The van der Waals surface area contributed by atoms with Crippen LogP contribution in [0.15, 0.2) is 36.4 Å². The quantitative estimate of drug-likeness (QED) is 0.813. The van der Waals surface area contributed by atoms with Crippen molar-refractivity contribution in [1.82, 2.24) is 5.32 Å². The van der Waals surface area contributed by atoms with Crippen LogP contribution in [0.25, 0.3) is 0 Å². The van der Waals surface area contributed by atoms with Crippen LogP contribution in [0, 0.1) is 17.5 Å². The highest BCUT2D eigenvalue weighted by molar-refractivity contribution is 6.30. The van der Waals surface area contributed by atoms with E-state index in [1.54, 1.807) is 12.1 Å². The van der Waals surface area contributed by atoms with E-state index in [2.05, 4.69) is 5.32 Å². The summed E-state index contributed by atoms with van der Waals surface area (Å²) in [6, 6.07) is 9.22. The Balaban J connectivity index is 2.03. The zero-order valence-electron chi connectivity index (χ0n) is 10.8. The first-order chi connectivity index (χ1) is 9.47. The van der Waals surface area contributed by atoms with Gasteiger partial charge in [-0.15, -0.1) is 0 Å². The number of hydrogen-bond donors (Lipinski definition) is 1. The first-order valence-electron chi connectivity index (χ1n) is 6.09. The molecule has 20 heavy (non-hydrogen) atoms. The van der Waals surface area contributed by atoms with Crippen LogP contribution in [0.2, 0.25) is 5.02 Å². The minimum atomic E-state index is -1.44. The molecule has 0 aliphatic rings. The molecule has 0 bridgehead atoms. The second-order valence-corrected chi connectivity index (χ2v) is 4.96. The molecule has 1 N–H and O–H groups in total. The van der Waals surface area contributed by atoms with Gasteiger partial charge in [0.05, 0.1) is 0 Å². The van der Waals surface area contributed by atoms with Crippen LogP contribution in [-0.4, -0.2) is 0 Å². The number of halogens is 4. The van der Waals surface area contributed by atoms with Crippen LogP contribution >= 0.6 is 11.6 Å². The SMILES string of the molecule is C[C@H](NCc1cc(F)c(F)c(F)c1)c1ccc(Cl)cc1. The van der Waals surface area contributed by atoms with Crippen LogP contribution in [0.4, 0.5) is 13.2 Å². The molecule has 0 saturated heterocycles. The average Bonchev–Trinajstić information content (AvgIpc) is 2.42. The van der Waals surface area contributed by atoms with E-state index >= 15 is 0 Å². The Morgan fingerprint density at radius 2 is 1.60 bits per heavy atom. The molecule has 0 fully saturated rings. The number of rotatable bonds is 4. The van der Waals surface area contributed by atoms with Crippen molar-refractivity contribution in [3.8, 4) is 0 Å².